The predicted octanol–water partition coefficient (Wildman–Crippen LogP) is 3.91. The van der Waals surface area contributed by atoms with Gasteiger partial charge in [0.25, 0.3) is 5.91 Å². The zero-order valence-corrected chi connectivity index (χ0v) is 18.4. The summed E-state index contributed by atoms with van der Waals surface area (Å²) in [6.07, 6.45) is -1.97. The Morgan fingerprint density at radius 3 is 2.50 bits per heavy atom. The number of halogens is 3. The van der Waals surface area contributed by atoms with Gasteiger partial charge >= 0.3 is 12.1 Å². The highest BCUT2D eigenvalue weighted by atomic mass is 19.4. The van der Waals surface area contributed by atoms with Gasteiger partial charge in [-0.15, -0.1) is 5.10 Å². The van der Waals surface area contributed by atoms with Crippen LogP contribution in [0.25, 0.3) is 5.69 Å². The van der Waals surface area contributed by atoms with Crippen LogP contribution >= 0.6 is 0 Å². The van der Waals surface area contributed by atoms with E-state index in [1.165, 1.54) is 35.4 Å². The van der Waals surface area contributed by atoms with Crippen LogP contribution in [0.2, 0.25) is 0 Å². The summed E-state index contributed by atoms with van der Waals surface area (Å²) < 4.78 is 46.2. The van der Waals surface area contributed by atoms with Gasteiger partial charge in [0.1, 0.15) is 6.33 Å². The number of benzene rings is 3. The van der Waals surface area contributed by atoms with E-state index in [1.54, 1.807) is 42.5 Å². The molecule has 1 amide bonds. The van der Waals surface area contributed by atoms with Gasteiger partial charge in [-0.1, -0.05) is 42.5 Å². The summed E-state index contributed by atoms with van der Waals surface area (Å²) in [4.78, 5) is 25.5. The standard InChI is InChI=1S/C24H17F3N6O3/c25-24(26,27)19-9-5-11-21(13-19)33(29-14-17-6-2-1-3-7-17)22(34)15-36-23(35)18-8-4-10-20(12-18)32-16-28-30-31-32/h1-14,16H,15H2/b29-14+. The van der Waals surface area contributed by atoms with Crippen LogP contribution in [0.3, 0.4) is 0 Å². The number of rotatable bonds is 7. The maximum Gasteiger partial charge on any atom is 0.416 e. The predicted molar refractivity (Wildman–Crippen MR) is 122 cm³/mol. The molecule has 0 saturated carbocycles. The molecule has 36 heavy (non-hydrogen) atoms. The number of hydrogen-bond donors (Lipinski definition) is 0. The molecule has 0 aliphatic heterocycles. The average Bonchev–Trinajstić information content (AvgIpc) is 3.43. The fourth-order valence-electron chi connectivity index (χ4n) is 3.08. The Kier molecular flexibility index (Phi) is 7.14. The largest absolute Gasteiger partial charge is 0.452 e. The number of carbonyl (C=O) groups excluding carboxylic acids is 2. The summed E-state index contributed by atoms with van der Waals surface area (Å²) in [7, 11) is 0. The van der Waals surface area contributed by atoms with Gasteiger partial charge in [0.2, 0.25) is 0 Å². The molecule has 0 atom stereocenters. The van der Waals surface area contributed by atoms with Crippen molar-refractivity contribution in [3.8, 4) is 5.69 Å². The van der Waals surface area contributed by atoms with Crippen LogP contribution in [-0.4, -0.2) is 44.9 Å². The van der Waals surface area contributed by atoms with E-state index in [2.05, 4.69) is 20.6 Å². The summed E-state index contributed by atoms with van der Waals surface area (Å²) in [5.41, 5.74) is 0.120. The van der Waals surface area contributed by atoms with Gasteiger partial charge in [-0.3, -0.25) is 4.79 Å². The molecule has 3 aromatic carbocycles. The average molecular weight is 494 g/mol. The van der Waals surface area contributed by atoms with Crippen molar-refractivity contribution in [3.63, 3.8) is 0 Å². The minimum absolute atomic E-state index is 0.120. The summed E-state index contributed by atoms with van der Waals surface area (Å²) in [6.45, 7) is -0.768. The monoisotopic (exact) mass is 494 g/mol. The lowest BCUT2D eigenvalue weighted by molar-refractivity contribution is -0.137. The maximum atomic E-state index is 13.2. The highest BCUT2D eigenvalue weighted by Crippen LogP contribution is 2.31. The number of aromatic nitrogens is 4. The summed E-state index contributed by atoms with van der Waals surface area (Å²) in [5, 5.41) is 15.6. The number of hydrazone groups is 1. The fourth-order valence-corrected chi connectivity index (χ4v) is 3.08. The number of tetrazole rings is 1. The summed E-state index contributed by atoms with van der Waals surface area (Å²) in [5.74, 6) is -1.68. The maximum absolute atomic E-state index is 13.2. The molecule has 0 saturated heterocycles. The zero-order valence-electron chi connectivity index (χ0n) is 18.4. The van der Waals surface area contributed by atoms with E-state index >= 15 is 0 Å². The highest BCUT2D eigenvalue weighted by molar-refractivity contribution is 5.98. The Bertz CT molecular complexity index is 1380. The Morgan fingerprint density at radius 1 is 1.00 bits per heavy atom. The zero-order chi connectivity index (χ0) is 25.5. The number of amides is 1. The van der Waals surface area contributed by atoms with E-state index in [9.17, 15) is 22.8 Å². The van der Waals surface area contributed by atoms with Crippen LogP contribution in [-0.2, 0) is 15.7 Å². The third kappa shape index (κ3) is 5.97. The first kappa shape index (κ1) is 24.3. The van der Waals surface area contributed by atoms with Crippen molar-refractivity contribution in [1.82, 2.24) is 20.2 Å². The molecule has 9 nitrogen and oxygen atoms in total. The smallest absolute Gasteiger partial charge is 0.416 e. The Labute approximate surface area is 202 Å². The molecule has 0 bridgehead atoms. The third-order valence-electron chi connectivity index (χ3n) is 4.80. The van der Waals surface area contributed by atoms with Crippen LogP contribution in [0, 0.1) is 0 Å². The molecule has 182 valence electrons. The highest BCUT2D eigenvalue weighted by Gasteiger charge is 2.31. The molecule has 0 radical (unpaired) electrons. The van der Waals surface area contributed by atoms with Crippen LogP contribution in [0.4, 0.5) is 18.9 Å². The number of ether oxygens (including phenoxy) is 1. The van der Waals surface area contributed by atoms with Gasteiger partial charge in [-0.05, 0) is 52.4 Å². The van der Waals surface area contributed by atoms with Crippen molar-refractivity contribution in [3.05, 3.63) is 102 Å². The number of nitrogens with zero attached hydrogens (tertiary/aromatic N) is 6. The number of esters is 1. The number of carbonyl (C=O) groups is 2. The Morgan fingerprint density at radius 2 is 1.78 bits per heavy atom. The molecule has 1 aromatic heterocycles. The molecule has 4 aromatic rings. The second-order valence-electron chi connectivity index (χ2n) is 7.29. The van der Waals surface area contributed by atoms with Gasteiger partial charge in [-0.25, -0.2) is 9.48 Å². The number of alkyl halides is 3. The first-order valence-electron chi connectivity index (χ1n) is 10.4. The van der Waals surface area contributed by atoms with E-state index in [0.29, 0.717) is 11.3 Å². The molecule has 0 aliphatic rings. The normalized spacial score (nSPS) is 11.4. The molecule has 0 fully saturated rings. The van der Waals surface area contributed by atoms with E-state index in [4.69, 9.17) is 4.74 Å². The minimum atomic E-state index is -4.62. The summed E-state index contributed by atoms with van der Waals surface area (Å²) in [6, 6.07) is 19.0. The Hall–Kier alpha value is -4.87. The van der Waals surface area contributed by atoms with Crippen molar-refractivity contribution in [2.75, 3.05) is 11.6 Å². The molecule has 0 unspecified atom stereocenters. The first-order valence-corrected chi connectivity index (χ1v) is 10.4. The number of anilines is 1. The van der Waals surface area contributed by atoms with E-state index in [0.717, 1.165) is 23.2 Å². The third-order valence-corrected chi connectivity index (χ3v) is 4.80. The van der Waals surface area contributed by atoms with Gasteiger partial charge in [-0.2, -0.15) is 23.3 Å². The van der Waals surface area contributed by atoms with E-state index in [-0.39, 0.29) is 11.3 Å². The molecule has 1 heterocycles. The van der Waals surface area contributed by atoms with Crippen LogP contribution in [0.15, 0.2) is 90.3 Å². The van der Waals surface area contributed by atoms with Crippen molar-refractivity contribution >= 4 is 23.8 Å². The van der Waals surface area contributed by atoms with Gasteiger partial charge < -0.3 is 4.74 Å². The number of hydrogen-bond acceptors (Lipinski definition) is 7. The fraction of sp³-hybridized carbons (Fsp3) is 0.0833. The molecule has 12 heteroatoms. The van der Waals surface area contributed by atoms with Gasteiger partial charge in [0, 0.05) is 0 Å². The van der Waals surface area contributed by atoms with Crippen molar-refractivity contribution < 1.29 is 27.5 Å². The molecule has 0 aliphatic carbocycles. The van der Waals surface area contributed by atoms with Gasteiger partial charge in [0.15, 0.2) is 6.61 Å². The molecule has 0 N–H and O–H groups in total. The van der Waals surface area contributed by atoms with Crippen molar-refractivity contribution in [2.45, 2.75) is 6.18 Å². The summed E-state index contributed by atoms with van der Waals surface area (Å²) >= 11 is 0. The Balaban J connectivity index is 1.54. The van der Waals surface area contributed by atoms with Crippen LogP contribution < -0.4 is 5.01 Å². The SMILES string of the molecule is O=C(OCC(=O)N(/N=C/c1ccccc1)c1cccc(C(F)(F)F)c1)c1cccc(-n2cnnn2)c1. The van der Waals surface area contributed by atoms with Crippen LogP contribution in [0.5, 0.6) is 0 Å². The second kappa shape index (κ2) is 10.6. The lowest BCUT2D eigenvalue weighted by atomic mass is 10.2. The molecule has 4 rings (SSSR count). The second-order valence-corrected chi connectivity index (χ2v) is 7.29. The van der Waals surface area contributed by atoms with Crippen LogP contribution in [0.1, 0.15) is 21.5 Å². The molecular formula is C24H17F3N6O3. The lowest BCUT2D eigenvalue weighted by Crippen LogP contribution is -2.31. The first-order chi connectivity index (χ1) is 17.3. The quantitative estimate of drug-likeness (QED) is 0.219. The minimum Gasteiger partial charge on any atom is -0.452 e. The van der Waals surface area contributed by atoms with E-state index < -0.39 is 30.2 Å². The lowest BCUT2D eigenvalue weighted by Gasteiger charge is -2.18. The van der Waals surface area contributed by atoms with E-state index in [1.807, 2.05) is 0 Å². The topological polar surface area (TPSA) is 103 Å². The molecule has 0 spiro atoms. The van der Waals surface area contributed by atoms with Gasteiger partial charge in [0.05, 0.1) is 28.7 Å². The van der Waals surface area contributed by atoms with Crippen molar-refractivity contribution in [1.29, 1.82) is 0 Å². The van der Waals surface area contributed by atoms with Crippen molar-refractivity contribution in [2.24, 2.45) is 5.10 Å². The molecular weight excluding hydrogens is 477 g/mol.